The van der Waals surface area contributed by atoms with Crippen LogP contribution in [0.15, 0.2) is 59.1 Å². The van der Waals surface area contributed by atoms with Crippen LogP contribution < -0.4 is 15.0 Å². The largest absolute Gasteiger partial charge is 0.457 e. The molecule has 1 N–H and O–H groups in total. The van der Waals surface area contributed by atoms with Crippen LogP contribution in [0.3, 0.4) is 0 Å². The highest BCUT2D eigenvalue weighted by Crippen LogP contribution is 2.36. The molecule has 204 valence electrons. The highest BCUT2D eigenvalue weighted by molar-refractivity contribution is 5.98. The average molecular weight is 529 g/mol. The van der Waals surface area contributed by atoms with E-state index in [1.165, 1.54) is 0 Å². The molecule has 0 unspecified atom stereocenters. The summed E-state index contributed by atoms with van der Waals surface area (Å²) in [5.41, 5.74) is 1.71. The predicted molar refractivity (Wildman–Crippen MR) is 152 cm³/mol. The number of urea groups is 1. The van der Waals surface area contributed by atoms with Crippen molar-refractivity contribution < 1.29 is 14.1 Å². The van der Waals surface area contributed by atoms with Gasteiger partial charge in [-0.2, -0.15) is 4.98 Å². The number of carbonyl (C=O) groups is 1. The molecule has 0 atom stereocenters. The van der Waals surface area contributed by atoms with Gasteiger partial charge in [0.15, 0.2) is 0 Å². The molecule has 9 heteroatoms. The Labute approximate surface area is 229 Å². The lowest BCUT2D eigenvalue weighted by molar-refractivity contribution is 0.185. The van der Waals surface area contributed by atoms with Crippen molar-refractivity contribution >= 4 is 22.9 Å². The number of amides is 2. The van der Waals surface area contributed by atoms with Gasteiger partial charge in [-0.05, 0) is 51.0 Å². The fraction of sp³-hybridized carbons (Fsp3) is 0.400. The summed E-state index contributed by atoms with van der Waals surface area (Å²) < 4.78 is 11.9. The maximum absolute atomic E-state index is 12.7. The van der Waals surface area contributed by atoms with E-state index in [-0.39, 0.29) is 11.6 Å². The zero-order valence-electron chi connectivity index (χ0n) is 23.3. The first-order valence-electron chi connectivity index (χ1n) is 13.5. The number of fused-ring (bicyclic) bond motifs is 1. The van der Waals surface area contributed by atoms with Crippen LogP contribution in [0.25, 0.3) is 22.4 Å². The van der Waals surface area contributed by atoms with Crippen molar-refractivity contribution in [1.29, 1.82) is 0 Å². The lowest BCUT2D eigenvalue weighted by Gasteiger charge is -2.37. The van der Waals surface area contributed by atoms with E-state index in [4.69, 9.17) is 19.2 Å². The Morgan fingerprint density at radius 3 is 2.41 bits per heavy atom. The number of nitrogens with zero attached hydrogens (tertiary/aromatic N) is 5. The summed E-state index contributed by atoms with van der Waals surface area (Å²) in [5, 5.41) is 8.27. The molecule has 0 bridgehead atoms. The molecule has 1 saturated heterocycles. The van der Waals surface area contributed by atoms with Crippen molar-refractivity contribution in [3.05, 3.63) is 60.4 Å². The van der Waals surface area contributed by atoms with Crippen molar-refractivity contribution in [2.45, 2.75) is 46.6 Å². The molecule has 1 aliphatic rings. The van der Waals surface area contributed by atoms with Crippen LogP contribution in [0.2, 0.25) is 0 Å². The molecule has 2 aromatic heterocycles. The Bertz CT molecular complexity index is 1440. The normalized spacial score (nSPS) is 14.2. The molecule has 0 aliphatic carbocycles. The average Bonchev–Trinajstić information content (AvgIpc) is 3.32. The van der Waals surface area contributed by atoms with E-state index in [1.54, 1.807) is 0 Å². The monoisotopic (exact) mass is 528 g/mol. The summed E-state index contributed by atoms with van der Waals surface area (Å²) in [6, 6.07) is 17.4. The Morgan fingerprint density at radius 1 is 1.00 bits per heavy atom. The highest BCUT2D eigenvalue weighted by Gasteiger charge is 2.28. The molecule has 1 fully saturated rings. The van der Waals surface area contributed by atoms with Gasteiger partial charge in [-0.15, -0.1) is 0 Å². The third kappa shape index (κ3) is 6.30. The van der Waals surface area contributed by atoms with E-state index in [9.17, 15) is 4.79 Å². The summed E-state index contributed by atoms with van der Waals surface area (Å²) in [7, 11) is 0. The fourth-order valence-corrected chi connectivity index (χ4v) is 4.61. The lowest BCUT2D eigenvalue weighted by atomic mass is 10.1. The number of hydrogen-bond donors (Lipinski definition) is 1. The third-order valence-corrected chi connectivity index (χ3v) is 6.39. The molecule has 9 nitrogen and oxygen atoms in total. The van der Waals surface area contributed by atoms with Crippen LogP contribution >= 0.6 is 0 Å². The van der Waals surface area contributed by atoms with Gasteiger partial charge in [0.05, 0.1) is 0 Å². The number of anilines is 1. The van der Waals surface area contributed by atoms with E-state index >= 15 is 0 Å². The number of hydrogen-bond acceptors (Lipinski definition) is 7. The van der Waals surface area contributed by atoms with Crippen LogP contribution in [0.4, 0.5) is 10.6 Å². The van der Waals surface area contributed by atoms with Gasteiger partial charge in [0.25, 0.3) is 5.71 Å². The summed E-state index contributed by atoms with van der Waals surface area (Å²) in [6.45, 7) is 12.7. The molecule has 1 aliphatic heterocycles. The molecular weight excluding hydrogens is 492 g/mol. The fourth-order valence-electron chi connectivity index (χ4n) is 4.61. The number of benzene rings is 2. The smallest absolute Gasteiger partial charge is 0.317 e. The maximum Gasteiger partial charge on any atom is 0.317 e. The molecule has 2 amide bonds. The lowest BCUT2D eigenvalue weighted by Crippen LogP contribution is -2.55. The molecule has 39 heavy (non-hydrogen) atoms. The Balaban J connectivity index is 1.47. The van der Waals surface area contributed by atoms with Gasteiger partial charge < -0.3 is 24.4 Å². The van der Waals surface area contributed by atoms with Gasteiger partial charge in [-0.25, -0.2) is 9.78 Å². The SMILES string of the molecule is CC(C)Cc1nc(N2CCN(C(=O)NC(C)(C)C)CC2)c2c(-c3cccc(Oc4ccccc4)c3)noc2n1. The highest BCUT2D eigenvalue weighted by atomic mass is 16.5. The Hall–Kier alpha value is -4.14. The number of para-hydroxylation sites is 1. The molecule has 4 aromatic rings. The number of carbonyl (C=O) groups excluding carboxylic acids is 1. The molecule has 2 aromatic carbocycles. The van der Waals surface area contributed by atoms with Crippen LogP contribution in [-0.2, 0) is 6.42 Å². The van der Waals surface area contributed by atoms with Crippen molar-refractivity contribution in [2.24, 2.45) is 5.92 Å². The van der Waals surface area contributed by atoms with Crippen molar-refractivity contribution in [1.82, 2.24) is 25.3 Å². The van der Waals surface area contributed by atoms with Crippen molar-refractivity contribution in [2.75, 3.05) is 31.1 Å². The van der Waals surface area contributed by atoms with Gasteiger partial charge >= 0.3 is 6.03 Å². The van der Waals surface area contributed by atoms with E-state index in [2.05, 4.69) is 29.2 Å². The maximum atomic E-state index is 12.7. The molecule has 0 saturated carbocycles. The second-order valence-corrected chi connectivity index (χ2v) is 11.4. The number of nitrogens with one attached hydrogen (secondary N) is 1. The second-order valence-electron chi connectivity index (χ2n) is 11.4. The minimum absolute atomic E-state index is 0.0450. The van der Waals surface area contributed by atoms with E-state index in [0.29, 0.717) is 49.3 Å². The molecule has 3 heterocycles. The van der Waals surface area contributed by atoms with Gasteiger partial charge in [0.2, 0.25) is 0 Å². The first kappa shape index (κ1) is 26.5. The van der Waals surface area contributed by atoms with Gasteiger partial charge in [-0.3, -0.25) is 0 Å². The Kier molecular flexibility index (Phi) is 7.41. The zero-order chi connectivity index (χ0) is 27.6. The topological polar surface area (TPSA) is 96.6 Å². The van der Waals surface area contributed by atoms with Crippen LogP contribution in [-0.4, -0.2) is 57.8 Å². The third-order valence-electron chi connectivity index (χ3n) is 6.39. The standard InChI is InChI=1S/C30H36N6O3/c1-20(2)18-24-31-27(35-14-16-36(17-15-35)29(37)33-30(3,4)5)25-26(34-39-28(25)32-24)21-10-9-13-23(19-21)38-22-11-7-6-8-12-22/h6-13,19-20H,14-18H2,1-5H3,(H,33,37). The molecule has 5 rings (SSSR count). The van der Waals surface area contributed by atoms with Crippen LogP contribution in [0, 0.1) is 5.92 Å². The molecule has 0 radical (unpaired) electrons. The van der Waals surface area contributed by atoms with Gasteiger partial charge in [0, 0.05) is 43.7 Å². The number of piperazine rings is 1. The first-order chi connectivity index (χ1) is 18.7. The first-order valence-corrected chi connectivity index (χ1v) is 13.5. The number of ether oxygens (including phenoxy) is 1. The Morgan fingerprint density at radius 2 is 1.72 bits per heavy atom. The number of rotatable bonds is 6. The number of aromatic nitrogens is 3. The second kappa shape index (κ2) is 10.9. The summed E-state index contributed by atoms with van der Waals surface area (Å²) in [6.07, 6.45) is 0.729. The van der Waals surface area contributed by atoms with Gasteiger partial charge in [-0.1, -0.05) is 49.3 Å². The van der Waals surface area contributed by atoms with Crippen molar-refractivity contribution in [3.63, 3.8) is 0 Å². The van der Waals surface area contributed by atoms with Crippen molar-refractivity contribution in [3.8, 4) is 22.8 Å². The van der Waals surface area contributed by atoms with Gasteiger partial charge in [0.1, 0.15) is 34.2 Å². The zero-order valence-corrected chi connectivity index (χ0v) is 23.3. The molecule has 0 spiro atoms. The minimum Gasteiger partial charge on any atom is -0.457 e. The van der Waals surface area contributed by atoms with Crippen LogP contribution in [0.5, 0.6) is 11.5 Å². The summed E-state index contributed by atoms with van der Waals surface area (Å²) >= 11 is 0. The summed E-state index contributed by atoms with van der Waals surface area (Å²) in [4.78, 5) is 26.5. The van der Waals surface area contributed by atoms with E-state index in [1.807, 2.05) is 80.3 Å². The molecular formula is C30H36N6O3. The summed E-state index contributed by atoms with van der Waals surface area (Å²) in [5.74, 6) is 3.37. The minimum atomic E-state index is -0.283. The van der Waals surface area contributed by atoms with Crippen LogP contribution in [0.1, 0.15) is 40.4 Å². The predicted octanol–water partition coefficient (Wildman–Crippen LogP) is 5.91. The van der Waals surface area contributed by atoms with E-state index < -0.39 is 0 Å². The van der Waals surface area contributed by atoms with E-state index in [0.717, 1.165) is 34.8 Å². The quantitative estimate of drug-likeness (QED) is 0.332.